The highest BCUT2D eigenvalue weighted by Crippen LogP contribution is 2.13. The second kappa shape index (κ2) is 7.97. The Morgan fingerprint density at radius 3 is 2.16 bits per heavy atom. The second-order valence-electron chi connectivity index (χ2n) is 5.02. The number of sulfonamides is 1. The molecule has 0 bridgehead atoms. The molecular formula is C16H16N4O3S2. The summed E-state index contributed by atoms with van der Waals surface area (Å²) in [6.07, 6.45) is 0. The van der Waals surface area contributed by atoms with E-state index in [-0.39, 0.29) is 21.4 Å². The van der Waals surface area contributed by atoms with Gasteiger partial charge in [0.05, 0.1) is 10.6 Å². The van der Waals surface area contributed by atoms with Crippen molar-refractivity contribution in [1.82, 2.24) is 0 Å². The number of carbonyl (C=O) groups is 1. The summed E-state index contributed by atoms with van der Waals surface area (Å²) < 4.78 is 22.4. The summed E-state index contributed by atoms with van der Waals surface area (Å²) in [4.78, 5) is 11.9. The molecule has 0 radical (unpaired) electrons. The van der Waals surface area contributed by atoms with Gasteiger partial charge in [-0.15, -0.1) is 0 Å². The number of thiocarbonyl (C=S) groups is 1. The summed E-state index contributed by atoms with van der Waals surface area (Å²) in [5.41, 5.74) is 3.94. The van der Waals surface area contributed by atoms with Crippen molar-refractivity contribution in [1.29, 1.82) is 0 Å². The number of nitrogens with two attached hydrogens (primary N) is 1. The number of ketones is 1. The summed E-state index contributed by atoms with van der Waals surface area (Å²) in [6, 6.07) is 14.8. The summed E-state index contributed by atoms with van der Waals surface area (Å²) in [5, 5.41) is 12.0. The third-order valence-electron chi connectivity index (χ3n) is 3.06. The van der Waals surface area contributed by atoms with Gasteiger partial charge in [0.25, 0.3) is 0 Å². The number of nitrogens with one attached hydrogen (secondary N) is 2. The first-order valence-corrected chi connectivity index (χ1v) is 9.07. The molecule has 0 aromatic heterocycles. The Morgan fingerprint density at radius 1 is 1.04 bits per heavy atom. The van der Waals surface area contributed by atoms with Crippen LogP contribution in [0.4, 0.5) is 11.4 Å². The van der Waals surface area contributed by atoms with Crippen LogP contribution in [0.15, 0.2) is 64.6 Å². The Kier molecular flexibility index (Phi) is 5.97. The lowest BCUT2D eigenvalue weighted by Crippen LogP contribution is -2.27. The van der Waals surface area contributed by atoms with Crippen molar-refractivity contribution in [2.24, 2.45) is 10.2 Å². The number of anilines is 2. The van der Waals surface area contributed by atoms with Gasteiger partial charge in [-0.3, -0.25) is 10.2 Å². The molecule has 2 aromatic rings. The summed E-state index contributed by atoms with van der Waals surface area (Å²) >= 11 is 5.22. The van der Waals surface area contributed by atoms with E-state index >= 15 is 0 Å². The number of carbonyl (C=O) groups excluding carboxylic acids is 1. The molecule has 7 nitrogen and oxygen atoms in total. The molecule has 130 valence electrons. The SMILES string of the molecule is CC(=O)/C(=N/Nc1ccc(S(N)(=O)=O)cc1)C(=S)Nc1ccccc1. The second-order valence-corrected chi connectivity index (χ2v) is 6.99. The van der Waals surface area contributed by atoms with Crippen molar-refractivity contribution in [2.75, 3.05) is 10.7 Å². The largest absolute Gasteiger partial charge is 0.345 e. The molecule has 0 aliphatic heterocycles. The van der Waals surface area contributed by atoms with E-state index in [0.29, 0.717) is 5.69 Å². The number of rotatable bonds is 6. The Hall–Kier alpha value is -2.62. The van der Waals surface area contributed by atoms with Gasteiger partial charge in [0.2, 0.25) is 10.0 Å². The summed E-state index contributed by atoms with van der Waals surface area (Å²) in [5.74, 6) is -0.318. The molecule has 0 aliphatic carbocycles. The van der Waals surface area contributed by atoms with Gasteiger partial charge < -0.3 is 5.32 Å². The zero-order chi connectivity index (χ0) is 18.4. The standard InChI is InChI=1S/C16H16N4O3S2/c1-11(21)15(16(24)18-12-5-3-2-4-6-12)20-19-13-7-9-14(10-8-13)25(17,22)23/h2-10,19H,1H3,(H,18,24)(H2,17,22,23)/b20-15-. The van der Waals surface area contributed by atoms with Crippen LogP contribution in [-0.4, -0.2) is 24.9 Å². The molecule has 0 fully saturated rings. The number of primary sulfonamides is 1. The fourth-order valence-corrected chi connectivity index (χ4v) is 2.66. The van der Waals surface area contributed by atoms with Gasteiger partial charge in [0, 0.05) is 12.6 Å². The van der Waals surface area contributed by atoms with Crippen LogP contribution in [0, 0.1) is 0 Å². The Bertz CT molecular complexity index is 908. The molecule has 0 atom stereocenters. The fraction of sp³-hybridized carbons (Fsp3) is 0.0625. The lowest BCUT2D eigenvalue weighted by atomic mass is 10.2. The van der Waals surface area contributed by atoms with Crippen molar-refractivity contribution in [3.8, 4) is 0 Å². The van der Waals surface area contributed by atoms with Gasteiger partial charge in [-0.05, 0) is 36.4 Å². The van der Waals surface area contributed by atoms with E-state index in [1.54, 1.807) is 0 Å². The van der Waals surface area contributed by atoms with Crippen molar-refractivity contribution >= 4 is 50.1 Å². The minimum atomic E-state index is -3.76. The summed E-state index contributed by atoms with van der Waals surface area (Å²) in [6.45, 7) is 1.35. The molecular weight excluding hydrogens is 360 g/mol. The van der Waals surface area contributed by atoms with E-state index in [0.717, 1.165) is 5.69 Å². The highest BCUT2D eigenvalue weighted by Gasteiger charge is 2.13. The maximum Gasteiger partial charge on any atom is 0.238 e. The molecule has 2 aromatic carbocycles. The molecule has 0 saturated heterocycles. The van der Waals surface area contributed by atoms with E-state index < -0.39 is 10.0 Å². The molecule has 0 aliphatic rings. The minimum Gasteiger partial charge on any atom is -0.345 e. The summed E-state index contributed by atoms with van der Waals surface area (Å²) in [7, 11) is -3.76. The van der Waals surface area contributed by atoms with Gasteiger partial charge in [0.15, 0.2) is 11.5 Å². The van der Waals surface area contributed by atoms with Crippen molar-refractivity contribution in [3.05, 3.63) is 54.6 Å². The number of hydrazone groups is 1. The lowest BCUT2D eigenvalue weighted by Gasteiger charge is -2.09. The molecule has 2 rings (SSSR count). The van der Waals surface area contributed by atoms with Crippen LogP contribution in [0.3, 0.4) is 0 Å². The molecule has 9 heteroatoms. The van der Waals surface area contributed by atoms with Gasteiger partial charge >= 0.3 is 0 Å². The van der Waals surface area contributed by atoms with Crippen LogP contribution in [0.1, 0.15) is 6.92 Å². The number of para-hydroxylation sites is 1. The monoisotopic (exact) mass is 376 g/mol. The van der Waals surface area contributed by atoms with Crippen LogP contribution in [0.25, 0.3) is 0 Å². The quantitative estimate of drug-likeness (QED) is 0.404. The maximum absolute atomic E-state index is 11.8. The van der Waals surface area contributed by atoms with Crippen molar-refractivity contribution < 1.29 is 13.2 Å². The molecule has 4 N–H and O–H groups in total. The van der Waals surface area contributed by atoms with Crippen LogP contribution in [-0.2, 0) is 14.8 Å². The first-order chi connectivity index (χ1) is 11.8. The van der Waals surface area contributed by atoms with Gasteiger partial charge in [-0.1, -0.05) is 30.4 Å². The van der Waals surface area contributed by atoms with E-state index in [1.165, 1.54) is 31.2 Å². The Labute approximate surface area is 151 Å². The number of nitrogens with zero attached hydrogens (tertiary/aromatic N) is 1. The predicted molar refractivity (Wildman–Crippen MR) is 102 cm³/mol. The first kappa shape index (κ1) is 18.7. The Morgan fingerprint density at radius 2 is 1.64 bits per heavy atom. The van der Waals surface area contributed by atoms with Crippen LogP contribution >= 0.6 is 12.2 Å². The first-order valence-electron chi connectivity index (χ1n) is 7.11. The van der Waals surface area contributed by atoms with Gasteiger partial charge in [0.1, 0.15) is 4.99 Å². The highest BCUT2D eigenvalue weighted by molar-refractivity contribution is 7.89. The Balaban J connectivity index is 2.14. The zero-order valence-corrected chi connectivity index (χ0v) is 14.9. The van der Waals surface area contributed by atoms with Crippen LogP contribution in [0.5, 0.6) is 0 Å². The molecule has 0 spiro atoms. The smallest absolute Gasteiger partial charge is 0.238 e. The van der Waals surface area contributed by atoms with E-state index in [9.17, 15) is 13.2 Å². The predicted octanol–water partition coefficient (Wildman–Crippen LogP) is 2.13. The number of hydrogen-bond acceptors (Lipinski definition) is 6. The van der Waals surface area contributed by atoms with Gasteiger partial charge in [-0.25, -0.2) is 13.6 Å². The van der Waals surface area contributed by atoms with Crippen LogP contribution in [0.2, 0.25) is 0 Å². The van der Waals surface area contributed by atoms with Crippen molar-refractivity contribution in [2.45, 2.75) is 11.8 Å². The van der Waals surface area contributed by atoms with E-state index in [1.807, 2.05) is 30.3 Å². The average molecular weight is 376 g/mol. The van der Waals surface area contributed by atoms with Crippen molar-refractivity contribution in [3.63, 3.8) is 0 Å². The minimum absolute atomic E-state index is 0.0184. The topological polar surface area (TPSA) is 114 Å². The third-order valence-corrected chi connectivity index (χ3v) is 4.28. The molecule has 0 saturated carbocycles. The number of hydrogen-bond donors (Lipinski definition) is 3. The third kappa shape index (κ3) is 5.45. The molecule has 0 heterocycles. The molecule has 0 amide bonds. The van der Waals surface area contributed by atoms with Crippen LogP contribution < -0.4 is 15.9 Å². The maximum atomic E-state index is 11.8. The number of benzene rings is 2. The highest BCUT2D eigenvalue weighted by atomic mass is 32.2. The fourth-order valence-electron chi connectivity index (χ4n) is 1.84. The van der Waals surface area contributed by atoms with E-state index in [4.69, 9.17) is 17.4 Å². The zero-order valence-electron chi connectivity index (χ0n) is 13.3. The molecule has 0 unspecified atom stereocenters. The lowest BCUT2D eigenvalue weighted by molar-refractivity contribution is -0.110. The van der Waals surface area contributed by atoms with Gasteiger partial charge in [-0.2, -0.15) is 5.10 Å². The number of Topliss-reactive ketones (excluding diaryl/α,β-unsaturated/α-hetero) is 1. The van der Waals surface area contributed by atoms with E-state index in [2.05, 4.69) is 15.8 Å². The normalized spacial score (nSPS) is 11.7. The average Bonchev–Trinajstić information content (AvgIpc) is 2.55. The molecule has 25 heavy (non-hydrogen) atoms.